The van der Waals surface area contributed by atoms with Crippen LogP contribution in [0.25, 0.3) is 5.69 Å². The zero-order chi connectivity index (χ0) is 21.4. The van der Waals surface area contributed by atoms with Crippen LogP contribution in [-0.4, -0.2) is 22.4 Å². The van der Waals surface area contributed by atoms with Crippen molar-refractivity contribution in [3.8, 4) is 23.8 Å². The van der Waals surface area contributed by atoms with Crippen molar-refractivity contribution in [3.63, 3.8) is 0 Å². The van der Waals surface area contributed by atoms with E-state index >= 15 is 0 Å². The molecule has 30 heavy (non-hydrogen) atoms. The number of methoxy groups -OCH3 is 1. The van der Waals surface area contributed by atoms with E-state index in [0.29, 0.717) is 39.1 Å². The fourth-order valence-corrected chi connectivity index (χ4v) is 3.53. The number of nitrogens with two attached hydrogens (primary N) is 2. The first-order valence-electron chi connectivity index (χ1n) is 8.99. The van der Waals surface area contributed by atoms with E-state index in [1.54, 1.807) is 43.8 Å². The number of terminal acetylenes is 1. The number of hydrogen-bond acceptors (Lipinski definition) is 6. The minimum atomic E-state index is -0.364. The van der Waals surface area contributed by atoms with E-state index in [2.05, 4.69) is 10.9 Å². The molecule has 0 aliphatic carbocycles. The number of anilines is 1. The van der Waals surface area contributed by atoms with Gasteiger partial charge in [0, 0.05) is 23.1 Å². The van der Waals surface area contributed by atoms with Crippen molar-refractivity contribution < 1.29 is 9.53 Å². The Balaban J connectivity index is 1.92. The van der Waals surface area contributed by atoms with Crippen LogP contribution in [0.2, 0.25) is 5.02 Å². The number of aromatic nitrogens is 2. The number of carbonyl (C=O) groups excluding carboxylic acids is 1. The predicted octanol–water partition coefficient (Wildman–Crippen LogP) is 2.81. The zero-order valence-electron chi connectivity index (χ0n) is 16.1. The van der Waals surface area contributed by atoms with Crippen molar-refractivity contribution in [2.75, 3.05) is 12.1 Å². The van der Waals surface area contributed by atoms with Gasteiger partial charge in [-0.3, -0.25) is 14.4 Å². The number of fused-ring (bicyclic) bond motifs is 3. The van der Waals surface area contributed by atoms with Gasteiger partial charge in [0.1, 0.15) is 23.5 Å². The summed E-state index contributed by atoms with van der Waals surface area (Å²) >= 11 is 5.93. The maximum atomic E-state index is 13.1. The second-order valence-electron chi connectivity index (χ2n) is 6.65. The fourth-order valence-electron chi connectivity index (χ4n) is 3.40. The van der Waals surface area contributed by atoms with Gasteiger partial charge in [0.25, 0.3) is 0 Å². The van der Waals surface area contributed by atoms with Crippen LogP contribution in [-0.2, 0) is 6.42 Å². The highest BCUT2D eigenvalue weighted by atomic mass is 35.5. The number of nitrogens with zero attached hydrogens (tertiary/aromatic N) is 3. The van der Waals surface area contributed by atoms with Gasteiger partial charge in [0.05, 0.1) is 29.9 Å². The van der Waals surface area contributed by atoms with Crippen LogP contribution in [0, 0.1) is 12.3 Å². The quantitative estimate of drug-likeness (QED) is 0.293. The summed E-state index contributed by atoms with van der Waals surface area (Å²) in [4.78, 5) is 17.4. The third-order valence-electron chi connectivity index (χ3n) is 4.99. The summed E-state index contributed by atoms with van der Waals surface area (Å²) in [5.41, 5.74) is 9.64. The molecule has 0 amide bonds. The van der Waals surface area contributed by atoms with Gasteiger partial charge in [0.15, 0.2) is 0 Å². The first-order chi connectivity index (χ1) is 14.4. The van der Waals surface area contributed by atoms with Gasteiger partial charge in [-0.05, 0) is 42.3 Å². The van der Waals surface area contributed by atoms with Crippen LogP contribution in [0.4, 0.5) is 5.69 Å². The van der Waals surface area contributed by atoms with Crippen molar-refractivity contribution in [1.29, 1.82) is 0 Å². The highest BCUT2D eigenvalue weighted by Crippen LogP contribution is 2.36. The van der Waals surface area contributed by atoms with E-state index in [1.165, 1.54) is 5.01 Å². The summed E-state index contributed by atoms with van der Waals surface area (Å²) in [6, 6.07) is 11.9. The first kappa shape index (κ1) is 19.6. The summed E-state index contributed by atoms with van der Waals surface area (Å²) in [6.07, 6.45) is 7.49. The summed E-state index contributed by atoms with van der Waals surface area (Å²) in [6.45, 7) is 0. The Bertz CT molecular complexity index is 1220. The third kappa shape index (κ3) is 3.18. The molecule has 2 aromatic carbocycles. The maximum Gasteiger partial charge on any atom is 0.210 e. The molecule has 0 spiro atoms. The molecule has 1 aliphatic rings. The number of ketones is 1. The highest BCUT2D eigenvalue weighted by Gasteiger charge is 2.28. The van der Waals surface area contributed by atoms with E-state index in [9.17, 15) is 4.79 Å². The van der Waals surface area contributed by atoms with Gasteiger partial charge in [-0.25, -0.2) is 10.8 Å². The van der Waals surface area contributed by atoms with Crippen molar-refractivity contribution >= 4 is 23.1 Å². The molecular formula is C22H18ClN5O2. The van der Waals surface area contributed by atoms with Crippen molar-refractivity contribution in [1.82, 2.24) is 9.55 Å². The molecule has 1 aliphatic heterocycles. The normalized spacial score (nSPS) is 14.3. The maximum absolute atomic E-state index is 13.1. The summed E-state index contributed by atoms with van der Waals surface area (Å²) in [5, 5.41) is 1.92. The van der Waals surface area contributed by atoms with Gasteiger partial charge < -0.3 is 10.5 Å². The number of hydrazine groups is 1. The number of imidazole rings is 1. The van der Waals surface area contributed by atoms with E-state index in [0.717, 1.165) is 5.69 Å². The smallest absolute Gasteiger partial charge is 0.210 e. The van der Waals surface area contributed by atoms with Crippen molar-refractivity contribution in [3.05, 3.63) is 82.2 Å². The fraction of sp³-hybridized carbons (Fsp3) is 0.0909. The number of ether oxygens (including phenoxy) is 1. The Labute approximate surface area is 178 Å². The molecule has 0 fully saturated rings. The van der Waals surface area contributed by atoms with Gasteiger partial charge >= 0.3 is 0 Å². The van der Waals surface area contributed by atoms with E-state index in [-0.39, 0.29) is 17.9 Å². The SMILES string of the molecule is C#Cc1ncn2c1C/C(=C(/N)C(=O)c1ccc(Cl)cc1)N(N)c1cc(OC)ccc1-2. The number of benzene rings is 2. The van der Waals surface area contributed by atoms with E-state index in [4.69, 9.17) is 34.3 Å². The molecule has 0 bridgehead atoms. The summed E-state index contributed by atoms with van der Waals surface area (Å²) < 4.78 is 7.19. The molecule has 7 nitrogen and oxygen atoms in total. The molecule has 150 valence electrons. The molecule has 0 radical (unpaired) electrons. The number of carbonyl (C=O) groups is 1. The average Bonchev–Trinajstić information content (AvgIpc) is 3.13. The number of allylic oxidation sites excluding steroid dienone is 2. The summed E-state index contributed by atoms with van der Waals surface area (Å²) in [5.74, 6) is 9.28. The Kier molecular flexibility index (Phi) is 4.96. The lowest BCUT2D eigenvalue weighted by atomic mass is 10.0. The van der Waals surface area contributed by atoms with Crippen LogP contribution < -0.4 is 21.3 Å². The van der Waals surface area contributed by atoms with Gasteiger partial charge in [-0.1, -0.05) is 11.6 Å². The molecule has 3 aromatic rings. The number of rotatable bonds is 3. The Morgan fingerprint density at radius 2 is 1.97 bits per heavy atom. The molecule has 0 unspecified atom stereocenters. The third-order valence-corrected chi connectivity index (χ3v) is 5.24. The molecule has 1 aromatic heterocycles. The second kappa shape index (κ2) is 7.59. The lowest BCUT2D eigenvalue weighted by molar-refractivity contribution is 0.103. The molecule has 8 heteroatoms. The highest BCUT2D eigenvalue weighted by molar-refractivity contribution is 6.30. The number of halogens is 1. The Morgan fingerprint density at radius 3 is 2.63 bits per heavy atom. The predicted molar refractivity (Wildman–Crippen MR) is 115 cm³/mol. The molecular weight excluding hydrogens is 402 g/mol. The summed E-state index contributed by atoms with van der Waals surface area (Å²) in [7, 11) is 1.56. The molecule has 0 atom stereocenters. The zero-order valence-corrected chi connectivity index (χ0v) is 16.8. The van der Waals surface area contributed by atoms with Crippen molar-refractivity contribution in [2.24, 2.45) is 11.6 Å². The minimum absolute atomic E-state index is 0.00575. The van der Waals surface area contributed by atoms with Gasteiger partial charge in [-0.15, -0.1) is 6.42 Å². The van der Waals surface area contributed by atoms with E-state index < -0.39 is 0 Å². The number of hydrogen-bond donors (Lipinski definition) is 2. The standard InChI is InChI=1S/C22H18ClN5O2/c1-3-16-18-11-20(21(24)22(29)13-4-6-14(23)7-5-13)28(25)19-10-15(30-2)8-9-17(19)27(18)12-26-16/h1,4-10,12H,11,24-25H2,2H3/b21-20-. The first-order valence-corrected chi connectivity index (χ1v) is 9.37. The molecule has 4 rings (SSSR count). The Hall–Kier alpha value is -3.73. The number of Topliss-reactive ketones (excluding diaryl/α,β-unsaturated/α-hetero) is 1. The van der Waals surface area contributed by atoms with Crippen LogP contribution in [0.15, 0.2) is 60.2 Å². The second-order valence-corrected chi connectivity index (χ2v) is 7.09. The van der Waals surface area contributed by atoms with Crippen LogP contribution in [0.3, 0.4) is 0 Å². The lowest BCUT2D eigenvalue weighted by Crippen LogP contribution is -2.34. The molecule has 0 saturated carbocycles. The van der Waals surface area contributed by atoms with E-state index in [1.807, 2.05) is 16.7 Å². The topological polar surface area (TPSA) is 99.4 Å². The van der Waals surface area contributed by atoms with Crippen molar-refractivity contribution in [2.45, 2.75) is 6.42 Å². The van der Waals surface area contributed by atoms with Crippen LogP contribution >= 0.6 is 11.6 Å². The largest absolute Gasteiger partial charge is 0.497 e. The monoisotopic (exact) mass is 419 g/mol. The molecule has 2 heterocycles. The Morgan fingerprint density at radius 1 is 1.23 bits per heavy atom. The molecule has 0 saturated heterocycles. The average molecular weight is 420 g/mol. The van der Waals surface area contributed by atoms with Gasteiger partial charge in [-0.2, -0.15) is 0 Å². The molecule has 4 N–H and O–H groups in total. The van der Waals surface area contributed by atoms with Crippen LogP contribution in [0.1, 0.15) is 21.7 Å². The van der Waals surface area contributed by atoms with Gasteiger partial charge in [0.2, 0.25) is 5.78 Å². The lowest BCUT2D eigenvalue weighted by Gasteiger charge is -2.23. The minimum Gasteiger partial charge on any atom is -0.497 e. The van der Waals surface area contributed by atoms with Crippen LogP contribution in [0.5, 0.6) is 5.75 Å².